The molecular weight excluding hydrogens is 364 g/mol. The zero-order chi connectivity index (χ0) is 20.7. The lowest BCUT2D eigenvalue weighted by molar-refractivity contribution is -0.144. The third kappa shape index (κ3) is 5.95. The smallest absolute Gasteiger partial charge is 0.338 e. The molecule has 154 valence electrons. The monoisotopic (exact) mass is 392 g/mol. The van der Waals surface area contributed by atoms with E-state index in [-0.39, 0.29) is 24.2 Å². The van der Waals surface area contributed by atoms with E-state index in [0.29, 0.717) is 19.4 Å². The summed E-state index contributed by atoms with van der Waals surface area (Å²) in [6.45, 7) is 6.10. The van der Waals surface area contributed by atoms with E-state index in [4.69, 9.17) is 9.47 Å². The van der Waals surface area contributed by atoms with Gasteiger partial charge in [0.05, 0.1) is 6.61 Å². The Bertz CT molecular complexity index is 690. The Morgan fingerprint density at radius 3 is 2.46 bits per heavy atom. The predicted octanol–water partition coefficient (Wildman–Crippen LogP) is 0.912. The average Bonchev–Trinajstić information content (AvgIpc) is 3.48. The van der Waals surface area contributed by atoms with Gasteiger partial charge in [0.15, 0.2) is 12.2 Å². The first kappa shape index (κ1) is 21.7. The van der Waals surface area contributed by atoms with Gasteiger partial charge >= 0.3 is 5.97 Å². The number of epoxide rings is 1. The van der Waals surface area contributed by atoms with Crippen molar-refractivity contribution in [3.63, 3.8) is 0 Å². The summed E-state index contributed by atoms with van der Waals surface area (Å²) in [6, 6.07) is 6.04. The first-order chi connectivity index (χ1) is 13.4. The second kappa shape index (κ2) is 10.1. The molecular formula is C20H28N2O6. The van der Waals surface area contributed by atoms with Gasteiger partial charge in [-0.1, -0.05) is 32.4 Å². The zero-order valence-corrected chi connectivity index (χ0v) is 16.4. The molecule has 2 rings (SSSR count). The standard InChI is InChI=1S/C20H28N2O6/c1-4-12(3)15(22-19(25)16-17(28-16)20(26)27-5-2)18(24)21-11-10-13-6-8-14(23)9-7-13/h6-9,12,15-17,23H,4-5,10-11H2,1-3H3,(H,21,24)(H,22,25)/t12?,15-,16-,17-/m0/s1. The minimum atomic E-state index is -0.907. The van der Waals surface area contributed by atoms with Crippen molar-refractivity contribution < 1.29 is 29.0 Å². The third-order valence-corrected chi connectivity index (χ3v) is 4.71. The van der Waals surface area contributed by atoms with Gasteiger partial charge in [-0.3, -0.25) is 9.59 Å². The van der Waals surface area contributed by atoms with Crippen LogP contribution in [-0.4, -0.2) is 54.3 Å². The van der Waals surface area contributed by atoms with Crippen molar-refractivity contribution in [1.82, 2.24) is 10.6 Å². The van der Waals surface area contributed by atoms with Gasteiger partial charge in [-0.15, -0.1) is 0 Å². The zero-order valence-electron chi connectivity index (χ0n) is 16.4. The molecule has 0 aliphatic carbocycles. The second-order valence-electron chi connectivity index (χ2n) is 6.81. The van der Waals surface area contributed by atoms with Crippen molar-refractivity contribution in [2.45, 2.75) is 51.9 Å². The minimum Gasteiger partial charge on any atom is -0.508 e. The van der Waals surface area contributed by atoms with Crippen LogP contribution < -0.4 is 10.6 Å². The van der Waals surface area contributed by atoms with Crippen molar-refractivity contribution >= 4 is 17.8 Å². The molecule has 1 saturated heterocycles. The number of phenolic OH excluding ortho intramolecular Hbond substituents is 1. The number of benzene rings is 1. The lowest BCUT2D eigenvalue weighted by Gasteiger charge is -2.23. The Labute approximate surface area is 164 Å². The summed E-state index contributed by atoms with van der Waals surface area (Å²) in [5.41, 5.74) is 0.978. The maximum atomic E-state index is 12.6. The summed E-state index contributed by atoms with van der Waals surface area (Å²) in [5.74, 6) is -1.24. The molecule has 1 aliphatic heterocycles. The number of carbonyl (C=O) groups is 3. The Kier molecular flexibility index (Phi) is 7.80. The van der Waals surface area contributed by atoms with Crippen LogP contribution in [0.1, 0.15) is 32.8 Å². The van der Waals surface area contributed by atoms with Crippen LogP contribution in [0.3, 0.4) is 0 Å². The number of amides is 2. The quantitative estimate of drug-likeness (QED) is 0.403. The molecule has 1 aromatic carbocycles. The van der Waals surface area contributed by atoms with Crippen LogP contribution in [0.5, 0.6) is 5.75 Å². The Hall–Kier alpha value is -2.61. The SMILES string of the molecule is CCOC(=O)[C@H]1O[C@@H]1C(=O)N[C@H](C(=O)NCCc1ccc(O)cc1)C(C)CC. The van der Waals surface area contributed by atoms with E-state index >= 15 is 0 Å². The fraction of sp³-hybridized carbons (Fsp3) is 0.550. The predicted molar refractivity (Wildman–Crippen MR) is 102 cm³/mol. The van der Waals surface area contributed by atoms with Crippen LogP contribution in [0, 0.1) is 5.92 Å². The molecule has 4 atom stereocenters. The highest BCUT2D eigenvalue weighted by atomic mass is 16.6. The van der Waals surface area contributed by atoms with Gasteiger partial charge in [0.1, 0.15) is 11.8 Å². The Morgan fingerprint density at radius 2 is 1.86 bits per heavy atom. The number of aromatic hydroxyl groups is 1. The molecule has 0 radical (unpaired) electrons. The van der Waals surface area contributed by atoms with Crippen molar-refractivity contribution in [3.8, 4) is 5.75 Å². The number of ether oxygens (including phenoxy) is 2. The molecule has 0 spiro atoms. The number of hydrogen-bond donors (Lipinski definition) is 3. The lowest BCUT2D eigenvalue weighted by atomic mass is 9.98. The van der Waals surface area contributed by atoms with E-state index < -0.39 is 30.1 Å². The molecule has 1 aliphatic rings. The van der Waals surface area contributed by atoms with Crippen LogP contribution in [-0.2, 0) is 30.3 Å². The Balaban J connectivity index is 1.86. The van der Waals surface area contributed by atoms with Crippen LogP contribution in [0.25, 0.3) is 0 Å². The van der Waals surface area contributed by atoms with E-state index in [0.717, 1.165) is 5.56 Å². The molecule has 0 aromatic heterocycles. The van der Waals surface area contributed by atoms with Crippen LogP contribution >= 0.6 is 0 Å². The summed E-state index contributed by atoms with van der Waals surface area (Å²) in [7, 11) is 0. The number of phenols is 1. The van der Waals surface area contributed by atoms with E-state index in [2.05, 4.69) is 10.6 Å². The molecule has 28 heavy (non-hydrogen) atoms. The molecule has 3 N–H and O–H groups in total. The van der Waals surface area contributed by atoms with E-state index in [9.17, 15) is 19.5 Å². The number of rotatable bonds is 10. The number of carbonyl (C=O) groups excluding carboxylic acids is 3. The maximum Gasteiger partial charge on any atom is 0.338 e. The fourth-order valence-electron chi connectivity index (χ4n) is 2.76. The first-order valence-corrected chi connectivity index (χ1v) is 9.55. The molecule has 0 bridgehead atoms. The summed E-state index contributed by atoms with van der Waals surface area (Å²) >= 11 is 0. The van der Waals surface area contributed by atoms with Gasteiger partial charge in [-0.25, -0.2) is 4.79 Å². The highest BCUT2D eigenvalue weighted by molar-refractivity contribution is 5.95. The summed E-state index contributed by atoms with van der Waals surface area (Å²) in [4.78, 5) is 36.5. The molecule has 1 unspecified atom stereocenters. The molecule has 8 heteroatoms. The van der Waals surface area contributed by atoms with Gasteiger partial charge in [0.2, 0.25) is 5.91 Å². The fourth-order valence-corrected chi connectivity index (χ4v) is 2.76. The van der Waals surface area contributed by atoms with E-state index in [1.54, 1.807) is 31.2 Å². The number of esters is 1. The molecule has 1 heterocycles. The third-order valence-electron chi connectivity index (χ3n) is 4.71. The molecule has 2 amide bonds. The molecule has 8 nitrogen and oxygen atoms in total. The number of hydrogen-bond acceptors (Lipinski definition) is 6. The van der Waals surface area contributed by atoms with E-state index in [1.165, 1.54) is 0 Å². The van der Waals surface area contributed by atoms with Crippen molar-refractivity contribution in [2.75, 3.05) is 13.2 Å². The van der Waals surface area contributed by atoms with Gasteiger partial charge < -0.3 is 25.2 Å². The van der Waals surface area contributed by atoms with E-state index in [1.807, 2.05) is 13.8 Å². The highest BCUT2D eigenvalue weighted by Crippen LogP contribution is 2.24. The van der Waals surface area contributed by atoms with Gasteiger partial charge in [-0.2, -0.15) is 0 Å². The summed E-state index contributed by atoms with van der Waals surface area (Å²) < 4.78 is 9.93. The Morgan fingerprint density at radius 1 is 1.18 bits per heavy atom. The number of nitrogens with one attached hydrogen (secondary N) is 2. The highest BCUT2D eigenvalue weighted by Gasteiger charge is 2.52. The minimum absolute atomic E-state index is 0.0857. The van der Waals surface area contributed by atoms with Crippen molar-refractivity contribution in [1.29, 1.82) is 0 Å². The lowest BCUT2D eigenvalue weighted by Crippen LogP contribution is -2.52. The van der Waals surface area contributed by atoms with Crippen LogP contribution in [0.4, 0.5) is 0 Å². The van der Waals surface area contributed by atoms with Gasteiger partial charge in [0, 0.05) is 6.54 Å². The second-order valence-corrected chi connectivity index (χ2v) is 6.81. The van der Waals surface area contributed by atoms with Crippen molar-refractivity contribution in [2.24, 2.45) is 5.92 Å². The van der Waals surface area contributed by atoms with Gasteiger partial charge in [-0.05, 0) is 37.0 Å². The van der Waals surface area contributed by atoms with Crippen LogP contribution in [0.15, 0.2) is 24.3 Å². The molecule has 0 saturated carbocycles. The normalized spacial score (nSPS) is 20.0. The largest absolute Gasteiger partial charge is 0.508 e. The molecule has 1 fully saturated rings. The van der Waals surface area contributed by atoms with Gasteiger partial charge in [0.25, 0.3) is 5.91 Å². The topological polar surface area (TPSA) is 117 Å². The van der Waals surface area contributed by atoms with Crippen LogP contribution in [0.2, 0.25) is 0 Å². The summed E-state index contributed by atoms with van der Waals surface area (Å²) in [6.07, 6.45) is -0.502. The maximum absolute atomic E-state index is 12.6. The summed E-state index contributed by atoms with van der Waals surface area (Å²) in [5, 5.41) is 14.8. The van der Waals surface area contributed by atoms with Crippen molar-refractivity contribution in [3.05, 3.63) is 29.8 Å². The first-order valence-electron chi connectivity index (χ1n) is 9.55. The molecule has 1 aromatic rings. The average molecular weight is 392 g/mol.